The van der Waals surface area contributed by atoms with Gasteiger partial charge in [-0.05, 0) is 89.6 Å². The summed E-state index contributed by atoms with van der Waals surface area (Å²) in [4.78, 5) is 29.2. The van der Waals surface area contributed by atoms with Crippen LogP contribution in [0.5, 0.6) is 0 Å². The number of aliphatic hydroxyl groups excluding tert-OH is 1. The minimum atomic E-state index is -0.0250. The van der Waals surface area contributed by atoms with Crippen LogP contribution in [0, 0.1) is 11.8 Å². The van der Waals surface area contributed by atoms with E-state index in [0.717, 1.165) is 90.3 Å². The van der Waals surface area contributed by atoms with Crippen molar-refractivity contribution in [1.82, 2.24) is 4.90 Å². The average molecular weight is 949 g/mol. The third-order valence-electron chi connectivity index (χ3n) is 14.8. The first-order valence-electron chi connectivity index (χ1n) is 30.7. The van der Waals surface area contributed by atoms with E-state index < -0.39 is 0 Å². The fourth-order valence-corrected chi connectivity index (χ4v) is 10.3. The molecule has 400 valence electrons. The predicted octanol–water partition coefficient (Wildman–Crippen LogP) is 19.0. The van der Waals surface area contributed by atoms with Gasteiger partial charge in [-0.3, -0.25) is 9.59 Å². The summed E-state index contributed by atoms with van der Waals surface area (Å²) in [5.74, 6) is 0.608. The second-order valence-electron chi connectivity index (χ2n) is 21.3. The summed E-state index contributed by atoms with van der Waals surface area (Å²) in [6, 6.07) is 0. The first kappa shape index (κ1) is 65.9. The molecule has 0 amide bonds. The molecule has 0 aromatic heterocycles. The highest BCUT2D eigenvalue weighted by molar-refractivity contribution is 5.73. The lowest BCUT2D eigenvalue weighted by molar-refractivity contribution is -0.157. The van der Waals surface area contributed by atoms with E-state index in [1.807, 2.05) is 0 Å². The molecule has 0 aliphatic rings. The van der Waals surface area contributed by atoms with E-state index in [1.54, 1.807) is 0 Å². The van der Waals surface area contributed by atoms with E-state index >= 15 is 0 Å². The summed E-state index contributed by atoms with van der Waals surface area (Å²) in [7, 11) is 0. The van der Waals surface area contributed by atoms with E-state index in [9.17, 15) is 14.7 Å². The van der Waals surface area contributed by atoms with Crippen molar-refractivity contribution in [3.63, 3.8) is 0 Å². The number of hydrogen-bond donors (Lipinski definition) is 1. The third-order valence-corrected chi connectivity index (χ3v) is 14.8. The zero-order chi connectivity index (χ0) is 48.9. The molecule has 67 heavy (non-hydrogen) atoms. The molecule has 0 rings (SSSR count). The van der Waals surface area contributed by atoms with E-state index in [2.05, 4.69) is 39.5 Å². The minimum Gasteiger partial charge on any atom is -0.466 e. The van der Waals surface area contributed by atoms with Gasteiger partial charge in [0.2, 0.25) is 0 Å². The fraction of sp³-hybridized carbons (Fsp3) is 0.967. The molecule has 0 fully saturated rings. The Morgan fingerprint density at radius 1 is 0.388 bits per heavy atom. The van der Waals surface area contributed by atoms with Gasteiger partial charge in [0, 0.05) is 13.0 Å². The zero-order valence-corrected chi connectivity index (χ0v) is 46.3. The maximum Gasteiger partial charge on any atom is 0.309 e. The monoisotopic (exact) mass is 948 g/mol. The van der Waals surface area contributed by atoms with Crippen molar-refractivity contribution in [2.45, 2.75) is 336 Å². The van der Waals surface area contributed by atoms with Gasteiger partial charge in [-0.25, -0.2) is 0 Å². The number of esters is 2. The Morgan fingerprint density at radius 3 is 1.15 bits per heavy atom. The van der Waals surface area contributed by atoms with Crippen LogP contribution in [0.4, 0.5) is 0 Å². The van der Waals surface area contributed by atoms with E-state index in [1.165, 1.54) is 218 Å². The van der Waals surface area contributed by atoms with Crippen molar-refractivity contribution in [3.8, 4) is 0 Å². The summed E-state index contributed by atoms with van der Waals surface area (Å²) in [6.07, 6.45) is 55.9. The smallest absolute Gasteiger partial charge is 0.309 e. The standard InChI is InChI=1S/C61H121NO5/c1-6-11-16-21-26-36-45-56-66-60(64)51-42-32-27-34-43-52-62(54-55-63)53-44-35-33-41-50-59(57(46-37-28-22-17-12-7-2)47-38-29-23-18-13-8-3)61(65)67-58(48-39-30-24-19-14-9-4)49-40-31-25-20-15-10-5/h57-59,63H,6-56H2,1-5H3. The predicted molar refractivity (Wildman–Crippen MR) is 292 cm³/mol. The SMILES string of the molecule is CCCCCCCCCOC(=O)CCCCCCCN(CCO)CCCCCCC(C(=O)OC(CCCCCCCC)CCCCCCCC)C(CCCCCCCC)CCCCCCCC. The molecule has 0 saturated heterocycles. The van der Waals surface area contributed by atoms with Crippen molar-refractivity contribution >= 4 is 11.9 Å². The lowest BCUT2D eigenvalue weighted by Crippen LogP contribution is -2.30. The van der Waals surface area contributed by atoms with Crippen LogP contribution in [0.25, 0.3) is 0 Å². The number of nitrogens with zero attached hydrogens (tertiary/aromatic N) is 1. The normalized spacial score (nSPS) is 12.3. The van der Waals surface area contributed by atoms with Gasteiger partial charge >= 0.3 is 11.9 Å². The number of ether oxygens (including phenoxy) is 2. The molecule has 0 radical (unpaired) electrons. The Balaban J connectivity index is 5.28. The summed E-state index contributed by atoms with van der Waals surface area (Å²) in [6.45, 7) is 15.0. The lowest BCUT2D eigenvalue weighted by Gasteiger charge is -2.29. The van der Waals surface area contributed by atoms with Crippen LogP contribution >= 0.6 is 0 Å². The van der Waals surface area contributed by atoms with Gasteiger partial charge in [0.1, 0.15) is 6.10 Å². The van der Waals surface area contributed by atoms with Gasteiger partial charge in [0.15, 0.2) is 0 Å². The van der Waals surface area contributed by atoms with Gasteiger partial charge in [-0.1, -0.05) is 253 Å². The summed E-state index contributed by atoms with van der Waals surface area (Å²) >= 11 is 0. The molecular weight excluding hydrogens is 827 g/mol. The number of unbranched alkanes of at least 4 members (excludes halogenated alkanes) is 33. The number of rotatable bonds is 56. The van der Waals surface area contributed by atoms with Crippen molar-refractivity contribution in [2.75, 3.05) is 32.8 Å². The van der Waals surface area contributed by atoms with E-state index in [0.29, 0.717) is 18.9 Å². The average Bonchev–Trinajstić information content (AvgIpc) is 3.32. The second-order valence-corrected chi connectivity index (χ2v) is 21.3. The molecule has 0 aliphatic heterocycles. The van der Waals surface area contributed by atoms with Crippen LogP contribution in [-0.2, 0) is 19.1 Å². The summed E-state index contributed by atoms with van der Waals surface area (Å²) in [5, 5.41) is 9.85. The van der Waals surface area contributed by atoms with Crippen LogP contribution in [0.3, 0.4) is 0 Å². The zero-order valence-electron chi connectivity index (χ0n) is 46.3. The number of hydrogen-bond acceptors (Lipinski definition) is 6. The van der Waals surface area contributed by atoms with Crippen LogP contribution in [0.1, 0.15) is 330 Å². The molecule has 0 heterocycles. The molecule has 0 aromatic carbocycles. The van der Waals surface area contributed by atoms with Gasteiger partial charge < -0.3 is 19.5 Å². The number of carbonyl (C=O) groups excluding carboxylic acids is 2. The number of aliphatic hydroxyl groups is 1. The molecule has 0 aromatic rings. The fourth-order valence-electron chi connectivity index (χ4n) is 10.3. The van der Waals surface area contributed by atoms with Crippen LogP contribution in [-0.4, -0.2) is 60.9 Å². The molecule has 0 spiro atoms. The Labute approximate surface area is 420 Å². The first-order valence-corrected chi connectivity index (χ1v) is 30.7. The Bertz CT molecular complexity index is 958. The Hall–Kier alpha value is -1.14. The number of carbonyl (C=O) groups is 2. The largest absolute Gasteiger partial charge is 0.466 e. The van der Waals surface area contributed by atoms with Crippen LogP contribution in [0.2, 0.25) is 0 Å². The van der Waals surface area contributed by atoms with Crippen molar-refractivity contribution < 1.29 is 24.2 Å². The highest BCUT2D eigenvalue weighted by Crippen LogP contribution is 2.32. The van der Waals surface area contributed by atoms with Gasteiger partial charge in [-0.15, -0.1) is 0 Å². The van der Waals surface area contributed by atoms with Gasteiger partial charge in [0.05, 0.1) is 19.1 Å². The molecule has 0 bridgehead atoms. The molecule has 6 heteroatoms. The Kier molecular flexibility index (Phi) is 53.3. The quantitative estimate of drug-likeness (QED) is 0.0484. The highest BCUT2D eigenvalue weighted by Gasteiger charge is 2.30. The maximum absolute atomic E-state index is 14.6. The molecule has 6 nitrogen and oxygen atoms in total. The summed E-state index contributed by atoms with van der Waals surface area (Å²) in [5.41, 5.74) is 0. The molecule has 0 saturated carbocycles. The van der Waals surface area contributed by atoms with Crippen molar-refractivity contribution in [3.05, 3.63) is 0 Å². The first-order chi connectivity index (χ1) is 33.0. The topological polar surface area (TPSA) is 76.1 Å². The minimum absolute atomic E-state index is 0.0250. The Morgan fingerprint density at radius 2 is 0.731 bits per heavy atom. The van der Waals surface area contributed by atoms with Crippen molar-refractivity contribution in [1.29, 1.82) is 0 Å². The van der Waals surface area contributed by atoms with E-state index in [-0.39, 0.29) is 30.6 Å². The maximum atomic E-state index is 14.6. The molecule has 1 unspecified atom stereocenters. The molecule has 0 aliphatic carbocycles. The van der Waals surface area contributed by atoms with Crippen LogP contribution in [0.15, 0.2) is 0 Å². The highest BCUT2D eigenvalue weighted by atomic mass is 16.5. The summed E-state index contributed by atoms with van der Waals surface area (Å²) < 4.78 is 12.2. The third kappa shape index (κ3) is 45.7. The van der Waals surface area contributed by atoms with Crippen molar-refractivity contribution in [2.24, 2.45) is 11.8 Å². The van der Waals surface area contributed by atoms with Gasteiger partial charge in [-0.2, -0.15) is 0 Å². The molecule has 1 N–H and O–H groups in total. The second kappa shape index (κ2) is 54.2. The van der Waals surface area contributed by atoms with Gasteiger partial charge in [0.25, 0.3) is 0 Å². The van der Waals surface area contributed by atoms with E-state index in [4.69, 9.17) is 9.47 Å². The lowest BCUT2D eigenvalue weighted by atomic mass is 9.80. The van der Waals surface area contributed by atoms with Crippen LogP contribution < -0.4 is 0 Å². The molecule has 1 atom stereocenters. The molecular formula is C61H121NO5.